The van der Waals surface area contributed by atoms with Gasteiger partial charge in [-0.2, -0.15) is 13.2 Å². The molecule has 0 atom stereocenters. The number of hydrogen-bond donors (Lipinski definition) is 0. The lowest BCUT2D eigenvalue weighted by atomic mass is 10.3. The van der Waals surface area contributed by atoms with Crippen molar-refractivity contribution in [3.05, 3.63) is 46.5 Å². The fourth-order valence-electron chi connectivity index (χ4n) is 2.05. The van der Waals surface area contributed by atoms with E-state index >= 15 is 0 Å². The van der Waals surface area contributed by atoms with Gasteiger partial charge in [-0.25, -0.2) is 4.79 Å². The first kappa shape index (κ1) is 17.6. The zero-order valence-electron chi connectivity index (χ0n) is 12.5. The number of hydrogen-bond acceptors (Lipinski definition) is 6. The second kappa shape index (κ2) is 6.60. The molecule has 0 fully saturated rings. The smallest absolute Gasteiger partial charge is 0.417 e. The zero-order chi connectivity index (χ0) is 18.2. The zero-order valence-corrected chi connectivity index (χ0v) is 14.1. The molecule has 6 nitrogen and oxygen atoms in total. The minimum absolute atomic E-state index is 0.0258. The second-order valence-corrected chi connectivity index (χ2v) is 6.16. The number of thioether (sulfide) groups is 1. The number of furan rings is 1. The van der Waals surface area contributed by atoms with E-state index in [-0.39, 0.29) is 27.3 Å². The number of ether oxygens (including phenoxy) is 1. The van der Waals surface area contributed by atoms with Crippen LogP contribution in [-0.4, -0.2) is 27.7 Å². The van der Waals surface area contributed by atoms with E-state index in [0.717, 1.165) is 28.4 Å². The number of carbonyl (C=O) groups is 1. The van der Waals surface area contributed by atoms with Crippen molar-refractivity contribution in [2.24, 2.45) is 0 Å². The summed E-state index contributed by atoms with van der Waals surface area (Å²) in [6.45, 7) is 0. The van der Waals surface area contributed by atoms with Crippen molar-refractivity contribution in [2.45, 2.75) is 17.1 Å². The molecule has 0 spiro atoms. The van der Waals surface area contributed by atoms with Crippen molar-refractivity contribution in [3.8, 4) is 0 Å². The monoisotopic (exact) mass is 391 g/mol. The van der Waals surface area contributed by atoms with Gasteiger partial charge in [0.2, 0.25) is 5.76 Å². The third kappa shape index (κ3) is 3.45. The highest BCUT2D eigenvalue weighted by molar-refractivity contribution is 7.98. The van der Waals surface area contributed by atoms with Crippen LogP contribution in [0.5, 0.6) is 0 Å². The van der Waals surface area contributed by atoms with Crippen molar-refractivity contribution in [1.82, 2.24) is 14.6 Å². The Bertz CT molecular complexity index is 938. The van der Waals surface area contributed by atoms with Crippen LogP contribution >= 0.6 is 23.4 Å². The first-order chi connectivity index (χ1) is 11.8. The molecule has 0 N–H and O–H groups in total. The number of aromatic nitrogens is 3. The van der Waals surface area contributed by atoms with E-state index in [4.69, 9.17) is 16.0 Å². The SMILES string of the molecule is COC(=O)c1occc1CSc1nnc2c(Cl)cc(C(F)(F)F)cn12. The van der Waals surface area contributed by atoms with Crippen LogP contribution in [0.4, 0.5) is 13.2 Å². The van der Waals surface area contributed by atoms with E-state index in [1.807, 2.05) is 0 Å². The second-order valence-electron chi connectivity index (χ2n) is 4.81. The number of halogens is 4. The Kier molecular flexibility index (Phi) is 4.65. The van der Waals surface area contributed by atoms with Crippen LogP contribution in [0.1, 0.15) is 21.7 Å². The van der Waals surface area contributed by atoms with Crippen molar-refractivity contribution in [2.75, 3.05) is 7.11 Å². The van der Waals surface area contributed by atoms with Gasteiger partial charge in [0.25, 0.3) is 0 Å². The van der Waals surface area contributed by atoms with Gasteiger partial charge in [-0.1, -0.05) is 23.4 Å². The Morgan fingerprint density at radius 1 is 1.44 bits per heavy atom. The number of methoxy groups -OCH3 is 1. The maximum absolute atomic E-state index is 12.9. The van der Waals surface area contributed by atoms with Gasteiger partial charge in [-0.15, -0.1) is 10.2 Å². The predicted molar refractivity (Wildman–Crippen MR) is 82.6 cm³/mol. The van der Waals surface area contributed by atoms with E-state index in [0.29, 0.717) is 5.56 Å². The minimum Gasteiger partial charge on any atom is -0.463 e. The molecule has 0 saturated heterocycles. The number of rotatable bonds is 4. The van der Waals surface area contributed by atoms with Gasteiger partial charge in [-0.05, 0) is 12.1 Å². The molecule has 3 rings (SSSR count). The van der Waals surface area contributed by atoms with Crippen LogP contribution < -0.4 is 0 Å². The summed E-state index contributed by atoms with van der Waals surface area (Å²) >= 11 is 6.94. The van der Waals surface area contributed by atoms with Gasteiger partial charge in [-0.3, -0.25) is 4.40 Å². The first-order valence-corrected chi connectivity index (χ1v) is 8.06. The summed E-state index contributed by atoms with van der Waals surface area (Å²) in [4.78, 5) is 11.6. The van der Waals surface area contributed by atoms with Gasteiger partial charge in [0, 0.05) is 17.5 Å². The van der Waals surface area contributed by atoms with Gasteiger partial charge < -0.3 is 9.15 Å². The maximum atomic E-state index is 12.9. The Balaban J connectivity index is 1.91. The topological polar surface area (TPSA) is 69.6 Å². The Morgan fingerprint density at radius 2 is 2.20 bits per heavy atom. The quantitative estimate of drug-likeness (QED) is 0.493. The molecule has 3 heterocycles. The van der Waals surface area contributed by atoms with Crippen LogP contribution in [0.2, 0.25) is 5.02 Å². The summed E-state index contributed by atoms with van der Waals surface area (Å²) in [6, 6.07) is 2.36. The highest BCUT2D eigenvalue weighted by Crippen LogP contribution is 2.34. The Morgan fingerprint density at radius 3 is 2.88 bits per heavy atom. The van der Waals surface area contributed by atoms with Crippen LogP contribution in [0.3, 0.4) is 0 Å². The van der Waals surface area contributed by atoms with Crippen LogP contribution in [0.25, 0.3) is 5.65 Å². The fourth-order valence-corrected chi connectivity index (χ4v) is 3.19. The Labute approximate surface area is 147 Å². The molecule has 25 heavy (non-hydrogen) atoms. The molecule has 3 aromatic rings. The average Bonchev–Trinajstić information content (AvgIpc) is 3.18. The van der Waals surface area contributed by atoms with Crippen LogP contribution in [0.15, 0.2) is 34.2 Å². The number of pyridine rings is 1. The van der Waals surface area contributed by atoms with Crippen LogP contribution in [-0.2, 0) is 16.7 Å². The van der Waals surface area contributed by atoms with Gasteiger partial charge in [0.15, 0.2) is 10.8 Å². The van der Waals surface area contributed by atoms with Gasteiger partial charge in [0.05, 0.1) is 24.0 Å². The van der Waals surface area contributed by atoms with E-state index in [1.54, 1.807) is 6.07 Å². The minimum atomic E-state index is -4.55. The fraction of sp³-hybridized carbons (Fsp3) is 0.214. The molecule has 11 heteroatoms. The first-order valence-electron chi connectivity index (χ1n) is 6.70. The van der Waals surface area contributed by atoms with E-state index in [1.165, 1.54) is 13.4 Å². The number of esters is 1. The summed E-state index contributed by atoms with van der Waals surface area (Å²) < 4.78 is 49.6. The van der Waals surface area contributed by atoms with E-state index < -0.39 is 17.7 Å². The molecule has 0 bridgehead atoms. The molecular weight excluding hydrogens is 383 g/mol. The molecule has 0 aromatic carbocycles. The molecule has 0 amide bonds. The van der Waals surface area contributed by atoms with Gasteiger partial charge >= 0.3 is 12.1 Å². The molecule has 0 aliphatic rings. The largest absolute Gasteiger partial charge is 0.463 e. The Hall–Kier alpha value is -2.20. The summed E-state index contributed by atoms with van der Waals surface area (Å²) in [5.41, 5.74) is -0.283. The molecule has 0 aliphatic carbocycles. The van der Waals surface area contributed by atoms with Crippen molar-refractivity contribution < 1.29 is 27.1 Å². The molecule has 0 aliphatic heterocycles. The number of nitrogens with zero attached hydrogens (tertiary/aromatic N) is 3. The summed E-state index contributed by atoms with van der Waals surface area (Å²) in [5, 5.41) is 7.68. The average molecular weight is 392 g/mol. The summed E-state index contributed by atoms with van der Waals surface area (Å²) in [5.74, 6) is -0.401. The third-order valence-corrected chi connectivity index (χ3v) is 4.50. The molecular formula is C14H9ClF3N3O3S. The molecule has 0 radical (unpaired) electrons. The summed E-state index contributed by atoms with van der Waals surface area (Å²) in [6.07, 6.45) is -2.35. The van der Waals surface area contributed by atoms with Crippen molar-refractivity contribution in [1.29, 1.82) is 0 Å². The molecule has 132 valence electrons. The summed E-state index contributed by atoms with van der Waals surface area (Å²) in [7, 11) is 1.22. The molecule has 0 saturated carbocycles. The number of fused-ring (bicyclic) bond motifs is 1. The van der Waals surface area contributed by atoms with Crippen molar-refractivity contribution in [3.63, 3.8) is 0 Å². The van der Waals surface area contributed by atoms with Gasteiger partial charge in [0.1, 0.15) is 0 Å². The lowest BCUT2D eigenvalue weighted by Gasteiger charge is -2.08. The normalized spacial score (nSPS) is 11.9. The lowest BCUT2D eigenvalue weighted by Crippen LogP contribution is -2.07. The van der Waals surface area contributed by atoms with Crippen LogP contribution in [0, 0.1) is 0 Å². The van der Waals surface area contributed by atoms with Crippen molar-refractivity contribution >= 4 is 35.0 Å². The predicted octanol–water partition coefficient (Wildman–Crippen LogP) is 4.07. The molecule has 0 unspecified atom stereocenters. The maximum Gasteiger partial charge on any atom is 0.417 e. The highest BCUT2D eigenvalue weighted by atomic mass is 35.5. The van der Waals surface area contributed by atoms with E-state index in [2.05, 4.69) is 14.9 Å². The standard InChI is InChI=1S/C14H9ClF3N3O3S/c1-23-12(22)10-7(2-3-24-10)6-25-13-20-19-11-9(15)4-8(5-21(11)13)14(16,17)18/h2-5H,6H2,1H3. The van der Waals surface area contributed by atoms with E-state index in [9.17, 15) is 18.0 Å². The number of carbonyl (C=O) groups excluding carboxylic acids is 1. The third-order valence-electron chi connectivity index (χ3n) is 3.23. The molecule has 3 aromatic heterocycles. The lowest BCUT2D eigenvalue weighted by molar-refractivity contribution is -0.137. The number of alkyl halides is 3. The highest BCUT2D eigenvalue weighted by Gasteiger charge is 2.32.